The summed E-state index contributed by atoms with van der Waals surface area (Å²) in [5.74, 6) is 1.09. The van der Waals surface area contributed by atoms with Crippen LogP contribution in [0, 0.1) is 0 Å². The number of nitrogens with one attached hydrogen (secondary N) is 1. The summed E-state index contributed by atoms with van der Waals surface area (Å²) in [5.41, 5.74) is 0.260. The Morgan fingerprint density at radius 1 is 1.54 bits per heavy atom. The highest BCUT2D eigenvalue weighted by Crippen LogP contribution is 2.23. The molecule has 0 aromatic carbocycles. The van der Waals surface area contributed by atoms with Crippen LogP contribution in [0.5, 0.6) is 0 Å². The van der Waals surface area contributed by atoms with E-state index in [0.717, 1.165) is 18.7 Å². The molecule has 0 bridgehead atoms. The van der Waals surface area contributed by atoms with Gasteiger partial charge in [-0.05, 0) is 38.4 Å². The zero-order valence-electron chi connectivity index (χ0n) is 8.18. The van der Waals surface area contributed by atoms with Crippen LogP contribution in [-0.2, 0) is 6.42 Å². The lowest BCUT2D eigenvalue weighted by molar-refractivity contribution is 0.261. The summed E-state index contributed by atoms with van der Waals surface area (Å²) < 4.78 is 5.36. The highest BCUT2D eigenvalue weighted by atomic mass is 16.3. The van der Waals surface area contributed by atoms with Crippen molar-refractivity contribution < 1.29 is 4.42 Å². The molecular weight excluding hydrogens is 162 g/mol. The Hall–Kier alpha value is -0.760. The smallest absolute Gasteiger partial charge is 0.105 e. The van der Waals surface area contributed by atoms with Gasteiger partial charge in [-0.1, -0.05) is 6.42 Å². The zero-order valence-corrected chi connectivity index (χ0v) is 8.18. The van der Waals surface area contributed by atoms with E-state index in [9.17, 15) is 0 Å². The third kappa shape index (κ3) is 2.13. The Morgan fingerprint density at radius 2 is 2.46 bits per heavy atom. The zero-order chi connectivity index (χ0) is 9.15. The van der Waals surface area contributed by atoms with E-state index in [1.807, 2.05) is 6.07 Å². The van der Waals surface area contributed by atoms with Crippen LogP contribution in [0.4, 0.5) is 0 Å². The van der Waals surface area contributed by atoms with E-state index in [4.69, 9.17) is 4.42 Å². The first-order valence-corrected chi connectivity index (χ1v) is 5.06. The lowest BCUT2D eigenvalue weighted by atomic mass is 9.87. The van der Waals surface area contributed by atoms with Gasteiger partial charge in [0, 0.05) is 12.0 Å². The predicted octanol–water partition coefficient (Wildman–Crippen LogP) is 2.35. The first-order chi connectivity index (χ1) is 6.29. The van der Waals surface area contributed by atoms with Crippen LogP contribution in [0.1, 0.15) is 31.9 Å². The molecule has 13 heavy (non-hydrogen) atoms. The molecule has 1 aliphatic heterocycles. The first kappa shape index (κ1) is 8.82. The van der Waals surface area contributed by atoms with E-state index in [2.05, 4.69) is 18.3 Å². The minimum atomic E-state index is 0.260. The van der Waals surface area contributed by atoms with E-state index in [-0.39, 0.29) is 5.54 Å². The Morgan fingerprint density at radius 3 is 3.08 bits per heavy atom. The maximum Gasteiger partial charge on any atom is 0.105 e. The molecule has 2 nitrogen and oxygen atoms in total. The molecular formula is C11H17NO. The molecule has 1 aliphatic rings. The largest absolute Gasteiger partial charge is 0.469 e. The molecule has 1 atom stereocenters. The minimum absolute atomic E-state index is 0.260. The first-order valence-electron chi connectivity index (χ1n) is 5.06. The number of rotatable bonds is 2. The summed E-state index contributed by atoms with van der Waals surface area (Å²) in [5, 5.41) is 3.57. The number of hydrogen-bond acceptors (Lipinski definition) is 2. The van der Waals surface area contributed by atoms with Gasteiger partial charge in [0.15, 0.2) is 0 Å². The third-order valence-corrected chi connectivity index (χ3v) is 2.85. The van der Waals surface area contributed by atoms with Crippen LogP contribution >= 0.6 is 0 Å². The van der Waals surface area contributed by atoms with Gasteiger partial charge in [0.2, 0.25) is 0 Å². The van der Waals surface area contributed by atoms with E-state index in [1.54, 1.807) is 6.26 Å². The van der Waals surface area contributed by atoms with E-state index >= 15 is 0 Å². The van der Waals surface area contributed by atoms with Crippen molar-refractivity contribution in [3.8, 4) is 0 Å². The predicted molar refractivity (Wildman–Crippen MR) is 52.7 cm³/mol. The lowest BCUT2D eigenvalue weighted by Gasteiger charge is -2.34. The second-order valence-electron chi connectivity index (χ2n) is 4.20. The molecule has 1 N–H and O–H groups in total. The molecule has 0 spiro atoms. The molecule has 0 radical (unpaired) electrons. The summed E-state index contributed by atoms with van der Waals surface area (Å²) in [6.45, 7) is 3.44. The van der Waals surface area contributed by atoms with Gasteiger partial charge in [-0.2, -0.15) is 0 Å². The van der Waals surface area contributed by atoms with Gasteiger partial charge in [-0.15, -0.1) is 0 Å². The standard InChI is InChI=1S/C11H17NO/c1-11(6-2-3-7-12-11)9-10-5-4-8-13-10/h4-5,8,12H,2-3,6-7,9H2,1H3. The molecule has 1 aromatic heterocycles. The molecule has 1 aromatic rings. The van der Waals surface area contributed by atoms with Crippen molar-refractivity contribution in [2.75, 3.05) is 6.54 Å². The summed E-state index contributed by atoms with van der Waals surface area (Å²) in [6, 6.07) is 4.02. The van der Waals surface area contributed by atoms with Crippen LogP contribution in [0.2, 0.25) is 0 Å². The van der Waals surface area contributed by atoms with Crippen LogP contribution in [0.3, 0.4) is 0 Å². The lowest BCUT2D eigenvalue weighted by Crippen LogP contribution is -2.47. The van der Waals surface area contributed by atoms with Gasteiger partial charge in [-0.25, -0.2) is 0 Å². The molecule has 1 fully saturated rings. The third-order valence-electron chi connectivity index (χ3n) is 2.85. The van der Waals surface area contributed by atoms with Gasteiger partial charge >= 0.3 is 0 Å². The van der Waals surface area contributed by atoms with Gasteiger partial charge < -0.3 is 9.73 Å². The average molecular weight is 179 g/mol. The highest BCUT2D eigenvalue weighted by molar-refractivity contribution is 5.04. The summed E-state index contributed by atoms with van der Waals surface area (Å²) in [4.78, 5) is 0. The van der Waals surface area contributed by atoms with Crippen LogP contribution in [-0.4, -0.2) is 12.1 Å². The van der Waals surface area contributed by atoms with E-state index in [0.29, 0.717) is 0 Å². The fourth-order valence-corrected chi connectivity index (χ4v) is 2.07. The molecule has 0 amide bonds. The van der Waals surface area contributed by atoms with Gasteiger partial charge in [-0.3, -0.25) is 0 Å². The van der Waals surface area contributed by atoms with Crippen molar-refractivity contribution in [1.29, 1.82) is 0 Å². The van der Waals surface area contributed by atoms with Crippen LogP contribution in [0.15, 0.2) is 22.8 Å². The Labute approximate surface area is 79.3 Å². The van der Waals surface area contributed by atoms with Crippen molar-refractivity contribution in [2.24, 2.45) is 0 Å². The fourth-order valence-electron chi connectivity index (χ4n) is 2.07. The molecule has 72 valence electrons. The van der Waals surface area contributed by atoms with Crippen molar-refractivity contribution in [3.63, 3.8) is 0 Å². The van der Waals surface area contributed by atoms with Crippen LogP contribution in [0.25, 0.3) is 0 Å². The monoisotopic (exact) mass is 179 g/mol. The molecule has 2 heterocycles. The van der Waals surface area contributed by atoms with Gasteiger partial charge in [0.05, 0.1) is 6.26 Å². The summed E-state index contributed by atoms with van der Waals surface area (Å²) >= 11 is 0. The van der Waals surface area contributed by atoms with Crippen molar-refractivity contribution in [3.05, 3.63) is 24.2 Å². The van der Waals surface area contributed by atoms with E-state index in [1.165, 1.54) is 19.3 Å². The molecule has 1 unspecified atom stereocenters. The molecule has 0 aliphatic carbocycles. The van der Waals surface area contributed by atoms with Crippen molar-refractivity contribution in [1.82, 2.24) is 5.32 Å². The Balaban J connectivity index is 1.99. The maximum absolute atomic E-state index is 5.36. The van der Waals surface area contributed by atoms with Gasteiger partial charge in [0.1, 0.15) is 5.76 Å². The molecule has 0 saturated carbocycles. The number of piperidine rings is 1. The highest BCUT2D eigenvalue weighted by Gasteiger charge is 2.27. The number of furan rings is 1. The fraction of sp³-hybridized carbons (Fsp3) is 0.636. The number of hydrogen-bond donors (Lipinski definition) is 1. The van der Waals surface area contributed by atoms with Crippen LogP contribution < -0.4 is 5.32 Å². The van der Waals surface area contributed by atoms with Gasteiger partial charge in [0.25, 0.3) is 0 Å². The van der Waals surface area contributed by atoms with Crippen molar-refractivity contribution in [2.45, 2.75) is 38.1 Å². The second kappa shape index (κ2) is 3.54. The maximum atomic E-state index is 5.36. The molecule has 2 rings (SSSR count). The summed E-state index contributed by atoms with van der Waals surface area (Å²) in [6.07, 6.45) is 6.67. The average Bonchev–Trinajstić information content (AvgIpc) is 2.57. The normalized spacial score (nSPS) is 29.0. The topological polar surface area (TPSA) is 25.2 Å². The Kier molecular flexibility index (Phi) is 2.40. The molecule has 2 heteroatoms. The SMILES string of the molecule is CC1(Cc2ccco2)CCCCN1. The van der Waals surface area contributed by atoms with E-state index < -0.39 is 0 Å². The van der Waals surface area contributed by atoms with Crippen molar-refractivity contribution >= 4 is 0 Å². The quantitative estimate of drug-likeness (QED) is 0.754. The Bertz CT molecular complexity index is 247. The minimum Gasteiger partial charge on any atom is -0.469 e. The summed E-state index contributed by atoms with van der Waals surface area (Å²) in [7, 11) is 0. The second-order valence-corrected chi connectivity index (χ2v) is 4.20. The molecule has 1 saturated heterocycles.